The second kappa shape index (κ2) is 15.1. The van der Waals surface area contributed by atoms with Gasteiger partial charge in [0.1, 0.15) is 33.6 Å². The fourth-order valence-electron chi connectivity index (χ4n) is 12.4. The summed E-state index contributed by atoms with van der Waals surface area (Å²) in [5.74, 6) is -3.45. The Bertz CT molecular complexity index is 3420. The first-order chi connectivity index (χ1) is 33.8. The van der Waals surface area contributed by atoms with Crippen molar-refractivity contribution in [3.63, 3.8) is 0 Å². The van der Waals surface area contributed by atoms with Gasteiger partial charge in [-0.2, -0.15) is 0 Å². The Hall–Kier alpha value is -6.38. The maximum atomic E-state index is 14.3. The Kier molecular flexibility index (Phi) is 9.15. The van der Waals surface area contributed by atoms with Gasteiger partial charge in [0, 0.05) is 56.6 Å². The van der Waals surface area contributed by atoms with Crippen LogP contribution in [-0.2, 0) is 21.5 Å². The predicted octanol–water partition coefficient (Wildman–Crippen LogP) is 12.4. The number of nitrogens with zero attached hydrogens (tertiary/aromatic N) is 1. The zero-order valence-corrected chi connectivity index (χ0v) is 39.0. The monoisotopic (exact) mass is 976 g/mol. The Morgan fingerprint density at radius 3 is 1.91 bits per heavy atom. The molecule has 70 heavy (non-hydrogen) atoms. The number of hydrogen-bond donors (Lipinski definition) is 1. The molecule has 4 heterocycles. The molecule has 14 rings (SSSR count). The number of ketones is 4. The molecule has 4 aromatic rings. The minimum atomic E-state index is -1.79. The quantitative estimate of drug-likeness (QED) is 0.119. The first-order valence-electron chi connectivity index (χ1n) is 24.0. The summed E-state index contributed by atoms with van der Waals surface area (Å²) >= 11 is 2.98. The van der Waals surface area contributed by atoms with Crippen LogP contribution >= 0.6 is 23.1 Å². The van der Waals surface area contributed by atoms with Crippen LogP contribution in [0.5, 0.6) is 0 Å². The Morgan fingerprint density at radius 2 is 1.24 bits per heavy atom. The molecule has 0 saturated heterocycles. The minimum Gasteiger partial charge on any atom is -0.481 e. The van der Waals surface area contributed by atoms with Crippen molar-refractivity contribution in [3.05, 3.63) is 172 Å². The SMILES string of the molecule is O=C1C(=CC2NC3=C(S2)C2=CC4C=C5OC6(CCCCC6)c6nc(/C=C7\C(=O)c8cc9c(cc8C7=O)CC(F)C(F)=C9)sc6C5=CC4C=C2OC32CCCCC2)C(=O)c2cc3cc(F)c(F)cc3cc21. The van der Waals surface area contributed by atoms with Gasteiger partial charge in [-0.25, -0.2) is 22.5 Å². The molecule has 2 fully saturated rings. The maximum absolute atomic E-state index is 14.3. The summed E-state index contributed by atoms with van der Waals surface area (Å²) in [4.78, 5) is 62.6. The lowest BCUT2D eigenvalue weighted by Gasteiger charge is -2.46. The van der Waals surface area contributed by atoms with Crippen LogP contribution in [0.1, 0.15) is 132 Å². The average molecular weight is 977 g/mol. The second-order valence-electron chi connectivity index (χ2n) is 20.1. The summed E-state index contributed by atoms with van der Waals surface area (Å²) < 4.78 is 71.2. The Labute approximate surface area is 406 Å². The van der Waals surface area contributed by atoms with Crippen molar-refractivity contribution in [1.82, 2.24) is 10.3 Å². The minimum absolute atomic E-state index is 0.0172. The number of ether oxygens (including phenoxy) is 2. The van der Waals surface area contributed by atoms with Gasteiger partial charge in [-0.3, -0.25) is 19.2 Å². The highest BCUT2D eigenvalue weighted by molar-refractivity contribution is 8.04. The van der Waals surface area contributed by atoms with Crippen LogP contribution in [0.15, 0.2) is 111 Å². The number of fused-ring (bicyclic) bond motifs is 12. The summed E-state index contributed by atoms with van der Waals surface area (Å²) in [6, 6.07) is 8.03. The van der Waals surface area contributed by atoms with Gasteiger partial charge >= 0.3 is 0 Å². The van der Waals surface area contributed by atoms with Crippen LogP contribution in [0.25, 0.3) is 28.5 Å². The molecule has 1 N–H and O–H groups in total. The van der Waals surface area contributed by atoms with Gasteiger partial charge in [-0.1, -0.05) is 36.8 Å². The summed E-state index contributed by atoms with van der Waals surface area (Å²) in [6.45, 7) is 0. The van der Waals surface area contributed by atoms with E-state index in [1.807, 2.05) is 0 Å². The lowest BCUT2D eigenvalue weighted by Crippen LogP contribution is -2.45. The molecule has 350 valence electrons. The molecule has 0 bridgehead atoms. The predicted molar refractivity (Wildman–Crippen MR) is 257 cm³/mol. The van der Waals surface area contributed by atoms with Crippen molar-refractivity contribution < 1.29 is 46.2 Å². The van der Waals surface area contributed by atoms with Crippen molar-refractivity contribution in [2.45, 2.75) is 93.4 Å². The lowest BCUT2D eigenvalue weighted by molar-refractivity contribution is -0.0358. The highest BCUT2D eigenvalue weighted by Gasteiger charge is 2.52. The molecule has 4 unspecified atom stereocenters. The van der Waals surface area contributed by atoms with E-state index in [1.165, 1.54) is 35.6 Å². The van der Waals surface area contributed by atoms with Crippen LogP contribution in [0.4, 0.5) is 17.6 Å². The third kappa shape index (κ3) is 6.17. The molecule has 2 saturated carbocycles. The molecule has 14 heteroatoms. The van der Waals surface area contributed by atoms with Crippen molar-refractivity contribution >= 4 is 74.7 Å². The lowest BCUT2D eigenvalue weighted by atomic mass is 9.74. The molecule has 2 spiro atoms. The fraction of sp³-hybridized carbons (Fsp3) is 0.304. The number of thiazole rings is 1. The molecular weight excluding hydrogens is 937 g/mol. The number of benzene rings is 3. The van der Waals surface area contributed by atoms with E-state index in [1.54, 1.807) is 23.9 Å². The molecule has 10 aliphatic rings. The van der Waals surface area contributed by atoms with Crippen molar-refractivity contribution in [1.29, 1.82) is 0 Å². The molecule has 0 amide bonds. The number of Topliss-reactive ketones (excluding diaryl/α,β-unsaturated/α-hetero) is 4. The van der Waals surface area contributed by atoms with Gasteiger partial charge in [-0.05, 0) is 140 Å². The number of alkyl halides is 1. The van der Waals surface area contributed by atoms with Crippen LogP contribution in [0.3, 0.4) is 0 Å². The molecule has 8 nitrogen and oxygen atoms in total. The molecule has 1 aromatic heterocycles. The number of hydrogen-bond acceptors (Lipinski definition) is 10. The van der Waals surface area contributed by atoms with E-state index in [0.29, 0.717) is 26.9 Å². The molecule has 3 aromatic carbocycles. The Balaban J connectivity index is 0.801. The number of rotatable bonds is 2. The number of thioether (sulfide) groups is 1. The summed E-state index contributed by atoms with van der Waals surface area (Å²) in [5, 5.41) is 4.40. The van der Waals surface area contributed by atoms with Crippen molar-refractivity contribution in [2.75, 3.05) is 0 Å². The van der Waals surface area contributed by atoms with E-state index in [9.17, 15) is 36.7 Å². The zero-order chi connectivity index (χ0) is 47.5. The van der Waals surface area contributed by atoms with Gasteiger partial charge in [0.05, 0.1) is 27.1 Å². The molecule has 0 radical (unpaired) electrons. The number of aromatic nitrogens is 1. The molecular formula is C56H40F4N2O6S2. The highest BCUT2D eigenvalue weighted by Crippen LogP contribution is 2.58. The van der Waals surface area contributed by atoms with Crippen LogP contribution < -0.4 is 5.32 Å². The molecule has 3 aliphatic heterocycles. The smallest absolute Gasteiger partial charge is 0.197 e. The summed E-state index contributed by atoms with van der Waals surface area (Å²) in [5.41, 5.74) is 3.87. The van der Waals surface area contributed by atoms with E-state index in [4.69, 9.17) is 14.5 Å². The van der Waals surface area contributed by atoms with Crippen LogP contribution in [0.2, 0.25) is 0 Å². The number of nitrogens with one attached hydrogen (secondary N) is 1. The second-order valence-corrected chi connectivity index (χ2v) is 22.3. The number of allylic oxidation sites excluding steroid dienone is 9. The number of halogens is 4. The molecule has 4 atom stereocenters. The third-order valence-electron chi connectivity index (χ3n) is 15.9. The van der Waals surface area contributed by atoms with E-state index in [2.05, 4.69) is 29.6 Å². The van der Waals surface area contributed by atoms with E-state index in [-0.39, 0.29) is 51.7 Å². The highest BCUT2D eigenvalue weighted by atomic mass is 32.2. The topological polar surface area (TPSA) is 112 Å². The van der Waals surface area contributed by atoms with E-state index in [0.717, 1.165) is 126 Å². The zero-order valence-electron chi connectivity index (χ0n) is 37.3. The summed E-state index contributed by atoms with van der Waals surface area (Å²) in [6.07, 6.45) is 20.3. The standard InChI is InChI=1S/C56H40F4N2O6S2/c57-39-17-25-11-31-32(12-26(25)18-40(39)58)48(64)37(47(31)63)23-45-61-53-51(69-45)35-15-30-22-44-36(16-29(30)21-43(35)67-55(53)7-3-1-4-8-55)52-54(56(68-44)9-5-2-6-10-56)62-46(70-52)24-38-49(65)33-13-27-19-41(59)42(60)20-28(27)14-34(33)50(38)66/h11-19,21-24,29-30,42,45,61H,1-10,20H2/b38-24+. The van der Waals surface area contributed by atoms with Gasteiger partial charge in [0.2, 0.25) is 0 Å². The van der Waals surface area contributed by atoms with E-state index >= 15 is 0 Å². The third-order valence-corrected chi connectivity index (χ3v) is 18.1. The first kappa shape index (κ1) is 42.5. The van der Waals surface area contributed by atoms with Gasteiger partial charge in [0.15, 0.2) is 46.5 Å². The normalized spacial score (nSPS) is 26.9. The van der Waals surface area contributed by atoms with Gasteiger partial charge in [-0.15, -0.1) is 11.3 Å². The largest absolute Gasteiger partial charge is 0.481 e. The maximum Gasteiger partial charge on any atom is 0.197 e. The average Bonchev–Trinajstić information content (AvgIpc) is 4.10. The van der Waals surface area contributed by atoms with Crippen molar-refractivity contribution in [2.24, 2.45) is 11.8 Å². The van der Waals surface area contributed by atoms with E-state index < -0.39 is 63.3 Å². The van der Waals surface area contributed by atoms with Gasteiger partial charge < -0.3 is 14.8 Å². The fourth-order valence-corrected chi connectivity index (χ4v) is 14.9. The first-order valence-corrected chi connectivity index (χ1v) is 25.7. The number of carbonyl (C=O) groups is 4. The van der Waals surface area contributed by atoms with Gasteiger partial charge in [0.25, 0.3) is 0 Å². The summed E-state index contributed by atoms with van der Waals surface area (Å²) in [7, 11) is 0. The van der Waals surface area contributed by atoms with Crippen LogP contribution in [0, 0.1) is 23.5 Å². The van der Waals surface area contributed by atoms with Crippen LogP contribution in [-0.4, -0.2) is 45.3 Å². The molecule has 7 aliphatic carbocycles. The Morgan fingerprint density at radius 1 is 0.671 bits per heavy atom. The van der Waals surface area contributed by atoms with Crippen molar-refractivity contribution in [3.8, 4) is 0 Å². The number of carbonyl (C=O) groups excluding carboxylic acids is 4.